The number of hydrogen-bond donors (Lipinski definition) is 0. The van der Waals surface area contributed by atoms with E-state index in [9.17, 15) is 4.79 Å². The molecule has 0 radical (unpaired) electrons. The molecule has 1 unspecified atom stereocenters. The van der Waals surface area contributed by atoms with Crippen LogP contribution in [0.25, 0.3) is 0 Å². The highest BCUT2D eigenvalue weighted by Crippen LogP contribution is 2.25. The van der Waals surface area contributed by atoms with Gasteiger partial charge in [-0.1, -0.05) is 25.1 Å². The van der Waals surface area contributed by atoms with Crippen LogP contribution in [0, 0.1) is 5.92 Å². The molecule has 0 spiro atoms. The van der Waals surface area contributed by atoms with E-state index in [0.717, 1.165) is 30.6 Å². The van der Waals surface area contributed by atoms with Crippen molar-refractivity contribution in [2.75, 3.05) is 0 Å². The summed E-state index contributed by atoms with van der Waals surface area (Å²) in [5.74, 6) is 0.671. The Labute approximate surface area is 83.9 Å². The fourth-order valence-electron chi connectivity index (χ4n) is 1.74. The van der Waals surface area contributed by atoms with Gasteiger partial charge < -0.3 is 4.74 Å². The number of para-hydroxylation sites is 1. The van der Waals surface area contributed by atoms with E-state index < -0.39 is 0 Å². The lowest BCUT2D eigenvalue weighted by molar-refractivity contribution is -0.138. The molecule has 0 saturated carbocycles. The maximum atomic E-state index is 11.5. The first-order chi connectivity index (χ1) is 6.77. The fourth-order valence-corrected chi connectivity index (χ4v) is 1.74. The molecule has 0 amide bonds. The van der Waals surface area contributed by atoms with E-state index in [2.05, 4.69) is 0 Å². The van der Waals surface area contributed by atoms with Crippen molar-refractivity contribution in [3.63, 3.8) is 0 Å². The minimum atomic E-state index is -0.0999. The molecule has 0 fully saturated rings. The van der Waals surface area contributed by atoms with E-state index in [1.807, 2.05) is 31.2 Å². The van der Waals surface area contributed by atoms with Gasteiger partial charge in [-0.25, -0.2) is 0 Å². The van der Waals surface area contributed by atoms with Crippen molar-refractivity contribution < 1.29 is 9.53 Å². The molecule has 0 N–H and O–H groups in total. The second-order valence-electron chi connectivity index (χ2n) is 3.82. The Morgan fingerprint density at radius 1 is 1.36 bits per heavy atom. The Balaban J connectivity index is 2.29. The van der Waals surface area contributed by atoms with Crippen molar-refractivity contribution >= 4 is 5.97 Å². The Morgan fingerprint density at radius 2 is 2.14 bits per heavy atom. The number of rotatable bonds is 0. The topological polar surface area (TPSA) is 26.3 Å². The lowest BCUT2D eigenvalue weighted by Crippen LogP contribution is -2.20. The van der Waals surface area contributed by atoms with Gasteiger partial charge in [0.15, 0.2) is 0 Å². The molecule has 0 aliphatic carbocycles. The van der Waals surface area contributed by atoms with Gasteiger partial charge in [-0.3, -0.25) is 4.79 Å². The van der Waals surface area contributed by atoms with Crippen molar-refractivity contribution in [1.29, 1.82) is 0 Å². The smallest absolute Gasteiger partial charge is 0.314 e. The van der Waals surface area contributed by atoms with Gasteiger partial charge in [0, 0.05) is 0 Å². The summed E-state index contributed by atoms with van der Waals surface area (Å²) in [4.78, 5) is 11.5. The van der Waals surface area contributed by atoms with E-state index >= 15 is 0 Å². The standard InChI is InChI=1S/C12H14O2/c1-9-5-4-7-10-6-2-3-8-11(10)14-12(9)13/h2-3,6,8-9H,4-5,7H2,1H3. The minimum Gasteiger partial charge on any atom is -0.426 e. The highest BCUT2D eigenvalue weighted by Gasteiger charge is 2.19. The zero-order chi connectivity index (χ0) is 9.97. The summed E-state index contributed by atoms with van der Waals surface area (Å²) in [6.45, 7) is 1.93. The van der Waals surface area contributed by atoms with Gasteiger partial charge in [-0.05, 0) is 30.9 Å². The van der Waals surface area contributed by atoms with Gasteiger partial charge in [0.25, 0.3) is 0 Å². The van der Waals surface area contributed by atoms with Crippen LogP contribution in [0.4, 0.5) is 0 Å². The number of benzene rings is 1. The molecular weight excluding hydrogens is 176 g/mol. The number of esters is 1. The monoisotopic (exact) mass is 190 g/mol. The molecule has 1 aromatic carbocycles. The summed E-state index contributed by atoms with van der Waals surface area (Å²) in [5.41, 5.74) is 1.15. The summed E-state index contributed by atoms with van der Waals surface area (Å²) >= 11 is 0. The molecule has 0 saturated heterocycles. The van der Waals surface area contributed by atoms with Crippen LogP contribution >= 0.6 is 0 Å². The highest BCUT2D eigenvalue weighted by atomic mass is 16.5. The highest BCUT2D eigenvalue weighted by molar-refractivity contribution is 5.75. The van der Waals surface area contributed by atoms with Crippen molar-refractivity contribution in [2.45, 2.75) is 26.2 Å². The Bertz CT molecular complexity index is 344. The number of aryl methyl sites for hydroxylation is 1. The lowest BCUT2D eigenvalue weighted by atomic mass is 9.99. The third kappa shape index (κ3) is 1.79. The third-order valence-corrected chi connectivity index (χ3v) is 2.67. The average Bonchev–Trinajstić information content (AvgIpc) is 2.18. The molecule has 2 rings (SSSR count). The maximum absolute atomic E-state index is 11.5. The fraction of sp³-hybridized carbons (Fsp3) is 0.417. The number of hydrogen-bond acceptors (Lipinski definition) is 2. The van der Waals surface area contributed by atoms with Gasteiger partial charge >= 0.3 is 5.97 Å². The van der Waals surface area contributed by atoms with Crippen LogP contribution in [0.2, 0.25) is 0 Å². The van der Waals surface area contributed by atoms with Crippen LogP contribution in [-0.4, -0.2) is 5.97 Å². The molecule has 1 heterocycles. The van der Waals surface area contributed by atoms with Crippen molar-refractivity contribution in [2.24, 2.45) is 5.92 Å². The van der Waals surface area contributed by atoms with E-state index in [4.69, 9.17) is 4.74 Å². The number of ether oxygens (including phenoxy) is 1. The summed E-state index contributed by atoms with van der Waals surface area (Å²) in [6.07, 6.45) is 2.99. The van der Waals surface area contributed by atoms with E-state index in [-0.39, 0.29) is 11.9 Å². The van der Waals surface area contributed by atoms with Crippen LogP contribution in [0.15, 0.2) is 24.3 Å². The molecule has 0 aromatic heterocycles. The Kier molecular flexibility index (Phi) is 2.53. The molecule has 14 heavy (non-hydrogen) atoms. The van der Waals surface area contributed by atoms with Crippen molar-refractivity contribution in [3.05, 3.63) is 29.8 Å². The quantitative estimate of drug-likeness (QED) is 0.464. The van der Waals surface area contributed by atoms with Gasteiger partial charge in [-0.2, -0.15) is 0 Å². The zero-order valence-corrected chi connectivity index (χ0v) is 8.32. The largest absolute Gasteiger partial charge is 0.426 e. The normalized spacial score (nSPS) is 21.8. The van der Waals surface area contributed by atoms with Crippen LogP contribution in [0.3, 0.4) is 0 Å². The lowest BCUT2D eigenvalue weighted by Gasteiger charge is -2.17. The Morgan fingerprint density at radius 3 is 3.00 bits per heavy atom. The number of carbonyl (C=O) groups is 1. The van der Waals surface area contributed by atoms with Crippen molar-refractivity contribution in [3.8, 4) is 5.75 Å². The first kappa shape index (κ1) is 9.25. The van der Waals surface area contributed by atoms with Crippen LogP contribution < -0.4 is 4.74 Å². The van der Waals surface area contributed by atoms with Gasteiger partial charge in [0.2, 0.25) is 0 Å². The summed E-state index contributed by atoms with van der Waals surface area (Å²) in [5, 5.41) is 0. The SMILES string of the molecule is CC1CCCc2ccccc2OC1=O. The third-order valence-electron chi connectivity index (χ3n) is 2.67. The minimum absolute atomic E-state index is 0.0309. The molecule has 1 aliphatic rings. The molecule has 74 valence electrons. The predicted octanol–water partition coefficient (Wildman–Crippen LogP) is 2.56. The maximum Gasteiger partial charge on any atom is 0.314 e. The van der Waals surface area contributed by atoms with E-state index in [1.165, 1.54) is 0 Å². The summed E-state index contributed by atoms with van der Waals surface area (Å²) < 4.78 is 5.31. The van der Waals surface area contributed by atoms with Crippen LogP contribution in [-0.2, 0) is 11.2 Å². The van der Waals surface area contributed by atoms with Gasteiger partial charge in [0.1, 0.15) is 5.75 Å². The van der Waals surface area contributed by atoms with Gasteiger partial charge in [0.05, 0.1) is 5.92 Å². The molecule has 0 bridgehead atoms. The Hall–Kier alpha value is -1.31. The summed E-state index contributed by atoms with van der Waals surface area (Å²) in [7, 11) is 0. The van der Waals surface area contributed by atoms with Crippen molar-refractivity contribution in [1.82, 2.24) is 0 Å². The second kappa shape index (κ2) is 3.82. The average molecular weight is 190 g/mol. The molecule has 1 aromatic rings. The van der Waals surface area contributed by atoms with Crippen LogP contribution in [0.1, 0.15) is 25.3 Å². The first-order valence-electron chi connectivity index (χ1n) is 5.07. The van der Waals surface area contributed by atoms with Gasteiger partial charge in [-0.15, -0.1) is 0 Å². The number of fused-ring (bicyclic) bond motifs is 1. The predicted molar refractivity (Wildman–Crippen MR) is 54.2 cm³/mol. The number of carbonyl (C=O) groups excluding carboxylic acids is 1. The first-order valence-corrected chi connectivity index (χ1v) is 5.07. The van der Waals surface area contributed by atoms with E-state index in [1.54, 1.807) is 0 Å². The summed E-state index contributed by atoms with van der Waals surface area (Å²) in [6, 6.07) is 7.78. The molecule has 2 heteroatoms. The van der Waals surface area contributed by atoms with E-state index in [0.29, 0.717) is 0 Å². The molecule has 1 atom stereocenters. The zero-order valence-electron chi connectivity index (χ0n) is 8.32. The molecular formula is C12H14O2. The molecule has 1 aliphatic heterocycles. The van der Waals surface area contributed by atoms with Crippen LogP contribution in [0.5, 0.6) is 5.75 Å². The molecule has 2 nitrogen and oxygen atoms in total. The second-order valence-corrected chi connectivity index (χ2v) is 3.82.